The minimum atomic E-state index is -0.146. The van der Waals surface area contributed by atoms with Gasteiger partial charge in [0.05, 0.1) is 17.4 Å². The zero-order valence-electron chi connectivity index (χ0n) is 14.0. The van der Waals surface area contributed by atoms with Crippen molar-refractivity contribution in [3.8, 4) is 11.5 Å². The van der Waals surface area contributed by atoms with Gasteiger partial charge in [-0.3, -0.25) is 4.79 Å². The maximum absolute atomic E-state index is 12.4. The molecule has 0 aliphatic heterocycles. The molecule has 128 valence electrons. The Morgan fingerprint density at radius 1 is 0.923 bits per heavy atom. The van der Waals surface area contributed by atoms with Gasteiger partial charge in [0.15, 0.2) is 0 Å². The Kier molecular flexibility index (Phi) is 4.35. The summed E-state index contributed by atoms with van der Waals surface area (Å²) >= 11 is 0. The van der Waals surface area contributed by atoms with Gasteiger partial charge >= 0.3 is 0 Å². The second kappa shape index (κ2) is 7.11. The van der Waals surface area contributed by atoms with Crippen molar-refractivity contribution >= 4 is 16.9 Å². The van der Waals surface area contributed by atoms with Crippen molar-refractivity contribution in [3.63, 3.8) is 0 Å². The molecule has 3 aromatic carbocycles. The van der Waals surface area contributed by atoms with E-state index >= 15 is 0 Å². The molecule has 2 N–H and O–H groups in total. The maximum Gasteiger partial charge on any atom is 0.253 e. The lowest BCUT2D eigenvalue weighted by Gasteiger charge is -2.08. The number of carbonyl (C=O) groups is 1. The summed E-state index contributed by atoms with van der Waals surface area (Å²) in [6.45, 7) is 0.436. The first-order valence-corrected chi connectivity index (χ1v) is 8.32. The molecule has 0 saturated carbocycles. The highest BCUT2D eigenvalue weighted by Crippen LogP contribution is 2.21. The topological polar surface area (TPSA) is 67.0 Å². The number of fused-ring (bicyclic) bond motifs is 1. The molecular formula is C21H17N3O2. The van der Waals surface area contributed by atoms with E-state index in [4.69, 9.17) is 4.74 Å². The number of aromatic amines is 1. The molecule has 5 heteroatoms. The molecule has 4 aromatic rings. The van der Waals surface area contributed by atoms with Crippen molar-refractivity contribution in [2.24, 2.45) is 0 Å². The monoisotopic (exact) mass is 343 g/mol. The molecule has 0 aliphatic carbocycles. The van der Waals surface area contributed by atoms with Gasteiger partial charge in [0.1, 0.15) is 17.0 Å². The predicted octanol–water partition coefficient (Wildman–Crippen LogP) is 4.29. The summed E-state index contributed by atoms with van der Waals surface area (Å²) < 4.78 is 5.77. The van der Waals surface area contributed by atoms with Gasteiger partial charge in [-0.2, -0.15) is 0 Å². The molecule has 0 spiro atoms. The zero-order valence-corrected chi connectivity index (χ0v) is 14.0. The molecule has 1 aromatic heterocycles. The van der Waals surface area contributed by atoms with Gasteiger partial charge in [0.25, 0.3) is 5.91 Å². The number of aromatic nitrogens is 2. The highest BCUT2D eigenvalue weighted by molar-refractivity contribution is 6.04. The molecule has 4 rings (SSSR count). The maximum atomic E-state index is 12.4. The highest BCUT2D eigenvalue weighted by Gasteiger charge is 2.11. The quantitative estimate of drug-likeness (QED) is 0.568. The van der Waals surface area contributed by atoms with Crippen LogP contribution in [0, 0.1) is 0 Å². The standard InChI is InChI=1S/C21H17N3O2/c25-21(18-7-4-8-19-20(18)24-14-23-19)22-13-15-9-11-17(12-10-15)26-16-5-2-1-3-6-16/h1-12,14H,13H2,(H,22,25)(H,23,24). The fraction of sp³-hybridized carbons (Fsp3) is 0.0476. The van der Waals surface area contributed by atoms with E-state index in [9.17, 15) is 4.79 Å². The molecule has 0 unspecified atom stereocenters. The van der Waals surface area contributed by atoms with Crippen LogP contribution in [0.15, 0.2) is 79.1 Å². The summed E-state index contributed by atoms with van der Waals surface area (Å²) in [5, 5.41) is 2.93. The first-order chi connectivity index (χ1) is 12.8. The molecule has 0 saturated heterocycles. The largest absolute Gasteiger partial charge is 0.457 e. The van der Waals surface area contributed by atoms with Gasteiger partial charge in [0.2, 0.25) is 0 Å². The average molecular weight is 343 g/mol. The molecule has 1 heterocycles. The fourth-order valence-corrected chi connectivity index (χ4v) is 2.73. The SMILES string of the molecule is O=C(NCc1ccc(Oc2ccccc2)cc1)c1cccc2[nH]cnc12. The number of hydrogen-bond donors (Lipinski definition) is 2. The Bertz CT molecular complexity index is 1020. The first-order valence-electron chi connectivity index (χ1n) is 8.32. The van der Waals surface area contributed by atoms with E-state index in [0.717, 1.165) is 22.6 Å². The van der Waals surface area contributed by atoms with Gasteiger partial charge in [0, 0.05) is 6.54 Å². The number of rotatable bonds is 5. The summed E-state index contributed by atoms with van der Waals surface area (Å²) in [6.07, 6.45) is 1.59. The number of ether oxygens (including phenoxy) is 1. The summed E-state index contributed by atoms with van der Waals surface area (Å²) in [4.78, 5) is 19.7. The van der Waals surface area contributed by atoms with Crippen LogP contribution in [0.1, 0.15) is 15.9 Å². The molecule has 0 radical (unpaired) electrons. The van der Waals surface area contributed by atoms with E-state index in [-0.39, 0.29) is 5.91 Å². The van der Waals surface area contributed by atoms with E-state index in [1.807, 2.05) is 66.7 Å². The fourth-order valence-electron chi connectivity index (χ4n) is 2.73. The van der Waals surface area contributed by atoms with Crippen LogP contribution in [0.2, 0.25) is 0 Å². The summed E-state index contributed by atoms with van der Waals surface area (Å²) in [5.41, 5.74) is 3.08. The Hall–Kier alpha value is -3.60. The third-order valence-corrected chi connectivity index (χ3v) is 4.05. The van der Waals surface area contributed by atoms with Gasteiger partial charge in [-0.15, -0.1) is 0 Å². The first kappa shape index (κ1) is 15.9. The van der Waals surface area contributed by atoms with Crippen molar-refractivity contribution in [1.82, 2.24) is 15.3 Å². The minimum absolute atomic E-state index is 0.146. The van der Waals surface area contributed by atoms with Crippen LogP contribution in [0.4, 0.5) is 0 Å². The molecule has 0 aliphatic rings. The van der Waals surface area contributed by atoms with E-state index in [0.29, 0.717) is 17.6 Å². The van der Waals surface area contributed by atoms with Gasteiger partial charge in [-0.25, -0.2) is 4.98 Å². The molecule has 0 bridgehead atoms. The number of nitrogens with zero attached hydrogens (tertiary/aromatic N) is 1. The number of nitrogens with one attached hydrogen (secondary N) is 2. The van der Waals surface area contributed by atoms with Crippen molar-refractivity contribution < 1.29 is 9.53 Å². The summed E-state index contributed by atoms with van der Waals surface area (Å²) in [7, 11) is 0. The smallest absolute Gasteiger partial charge is 0.253 e. The number of benzene rings is 3. The van der Waals surface area contributed by atoms with Crippen molar-refractivity contribution in [2.75, 3.05) is 0 Å². The lowest BCUT2D eigenvalue weighted by Crippen LogP contribution is -2.23. The minimum Gasteiger partial charge on any atom is -0.457 e. The third-order valence-electron chi connectivity index (χ3n) is 4.05. The summed E-state index contributed by atoms with van der Waals surface area (Å²) in [6, 6.07) is 22.8. The number of H-pyrrole nitrogens is 1. The molecule has 5 nitrogen and oxygen atoms in total. The van der Waals surface area contributed by atoms with Gasteiger partial charge < -0.3 is 15.0 Å². The predicted molar refractivity (Wildman–Crippen MR) is 100 cm³/mol. The van der Waals surface area contributed by atoms with E-state index in [1.54, 1.807) is 12.4 Å². The van der Waals surface area contributed by atoms with Crippen LogP contribution < -0.4 is 10.1 Å². The van der Waals surface area contributed by atoms with Gasteiger partial charge in [-0.1, -0.05) is 36.4 Å². The van der Waals surface area contributed by atoms with E-state index in [1.165, 1.54) is 0 Å². The Balaban J connectivity index is 1.40. The van der Waals surface area contributed by atoms with Crippen LogP contribution in [0.5, 0.6) is 11.5 Å². The molecule has 1 amide bonds. The molecule has 0 fully saturated rings. The molecular weight excluding hydrogens is 326 g/mol. The molecule has 0 atom stereocenters. The van der Waals surface area contributed by atoms with Crippen LogP contribution in [-0.2, 0) is 6.54 Å². The summed E-state index contributed by atoms with van der Waals surface area (Å²) in [5.74, 6) is 1.40. The number of carbonyl (C=O) groups excluding carboxylic acids is 1. The van der Waals surface area contributed by atoms with Crippen LogP contribution in [-0.4, -0.2) is 15.9 Å². The number of hydrogen-bond acceptors (Lipinski definition) is 3. The number of amides is 1. The second-order valence-electron chi connectivity index (χ2n) is 5.85. The van der Waals surface area contributed by atoms with E-state index in [2.05, 4.69) is 15.3 Å². The van der Waals surface area contributed by atoms with Crippen molar-refractivity contribution in [2.45, 2.75) is 6.54 Å². The Morgan fingerprint density at radius 3 is 2.50 bits per heavy atom. The van der Waals surface area contributed by atoms with Crippen molar-refractivity contribution in [3.05, 3.63) is 90.3 Å². The highest BCUT2D eigenvalue weighted by atomic mass is 16.5. The van der Waals surface area contributed by atoms with E-state index < -0.39 is 0 Å². The average Bonchev–Trinajstić information content (AvgIpc) is 3.17. The van der Waals surface area contributed by atoms with Gasteiger partial charge in [-0.05, 0) is 42.0 Å². The normalized spacial score (nSPS) is 10.6. The van der Waals surface area contributed by atoms with Crippen molar-refractivity contribution in [1.29, 1.82) is 0 Å². The lowest BCUT2D eigenvalue weighted by atomic mass is 10.1. The molecule has 26 heavy (non-hydrogen) atoms. The third kappa shape index (κ3) is 3.42. The second-order valence-corrected chi connectivity index (χ2v) is 5.85. The Morgan fingerprint density at radius 2 is 1.69 bits per heavy atom. The lowest BCUT2D eigenvalue weighted by molar-refractivity contribution is 0.0952. The Labute approximate surface area is 150 Å². The number of para-hydroxylation sites is 2. The zero-order chi connectivity index (χ0) is 17.8. The van der Waals surface area contributed by atoms with Crippen LogP contribution in [0.25, 0.3) is 11.0 Å². The van der Waals surface area contributed by atoms with Crippen LogP contribution >= 0.6 is 0 Å². The van der Waals surface area contributed by atoms with Crippen LogP contribution in [0.3, 0.4) is 0 Å². The number of imidazole rings is 1.